The van der Waals surface area contributed by atoms with Gasteiger partial charge in [0.1, 0.15) is 11.9 Å². The molecular weight excluding hydrogens is 446 g/mol. The van der Waals surface area contributed by atoms with Crippen molar-refractivity contribution in [1.29, 1.82) is 0 Å². The number of carbonyl (C=O) groups excluding carboxylic acids is 3. The van der Waals surface area contributed by atoms with Crippen LogP contribution in [0.2, 0.25) is 5.02 Å². The number of methoxy groups -OCH3 is 1. The topological polar surface area (TPSA) is 114 Å². The van der Waals surface area contributed by atoms with E-state index >= 15 is 0 Å². The number of rotatable bonds is 7. The third-order valence-corrected chi connectivity index (χ3v) is 6.47. The van der Waals surface area contributed by atoms with Gasteiger partial charge in [-0.15, -0.1) is 0 Å². The number of anilines is 1. The van der Waals surface area contributed by atoms with Gasteiger partial charge in [0, 0.05) is 37.1 Å². The number of benzene rings is 1. The average molecular weight is 472 g/mol. The molecule has 4 rings (SSSR count). The first-order valence-electron chi connectivity index (χ1n) is 10.9. The number of hydrogen-bond donors (Lipinski definition) is 2. The van der Waals surface area contributed by atoms with Gasteiger partial charge in [-0.05, 0) is 49.8 Å². The molecule has 2 amide bonds. The summed E-state index contributed by atoms with van der Waals surface area (Å²) in [7, 11) is 1.35. The van der Waals surface area contributed by atoms with Gasteiger partial charge < -0.3 is 20.3 Å². The zero-order valence-electron chi connectivity index (χ0n) is 18.3. The van der Waals surface area contributed by atoms with Crippen LogP contribution in [0.1, 0.15) is 46.4 Å². The number of halogens is 1. The van der Waals surface area contributed by atoms with Gasteiger partial charge in [-0.1, -0.05) is 11.6 Å². The van der Waals surface area contributed by atoms with Crippen molar-refractivity contribution >= 4 is 35.1 Å². The molecule has 0 atom stereocenters. The fourth-order valence-corrected chi connectivity index (χ4v) is 4.25. The highest BCUT2D eigenvalue weighted by Gasteiger charge is 2.51. The third-order valence-electron chi connectivity index (χ3n) is 6.23. The van der Waals surface area contributed by atoms with Crippen LogP contribution >= 0.6 is 11.6 Å². The lowest BCUT2D eigenvalue weighted by Gasteiger charge is -2.34. The average Bonchev–Trinajstić information content (AvgIpc) is 3.63. The van der Waals surface area contributed by atoms with Gasteiger partial charge >= 0.3 is 5.97 Å². The molecule has 0 radical (unpaired) electrons. The molecule has 2 aliphatic rings. The molecule has 1 saturated carbocycles. The minimum atomic E-state index is -0.841. The number of hydrogen-bond acceptors (Lipinski definition) is 7. The lowest BCUT2D eigenvalue weighted by atomic mass is 9.95. The van der Waals surface area contributed by atoms with Crippen LogP contribution in [-0.4, -0.2) is 60.0 Å². The molecule has 0 unspecified atom stereocenters. The van der Waals surface area contributed by atoms with Crippen LogP contribution in [0, 0.1) is 5.92 Å². The van der Waals surface area contributed by atoms with Crippen LogP contribution in [-0.2, 0) is 9.53 Å². The van der Waals surface area contributed by atoms with Crippen molar-refractivity contribution in [3.8, 4) is 0 Å². The largest absolute Gasteiger partial charge is 0.465 e. The molecule has 1 saturated heterocycles. The fraction of sp³-hybridized carbons (Fsp3) is 0.435. The van der Waals surface area contributed by atoms with E-state index in [4.69, 9.17) is 16.3 Å². The Hall–Kier alpha value is -3.20. The third kappa shape index (κ3) is 5.24. The Morgan fingerprint density at radius 3 is 2.52 bits per heavy atom. The van der Waals surface area contributed by atoms with Crippen LogP contribution in [0.4, 0.5) is 5.69 Å². The quantitative estimate of drug-likeness (QED) is 0.595. The van der Waals surface area contributed by atoms with E-state index in [1.54, 1.807) is 12.1 Å². The summed E-state index contributed by atoms with van der Waals surface area (Å²) in [5.41, 5.74) is 0.745. The Balaban J connectivity index is 1.28. The Bertz CT molecular complexity index is 1040. The van der Waals surface area contributed by atoms with E-state index in [-0.39, 0.29) is 11.8 Å². The molecule has 2 N–H and O–H groups in total. The van der Waals surface area contributed by atoms with E-state index in [2.05, 4.69) is 25.5 Å². The van der Waals surface area contributed by atoms with Crippen molar-refractivity contribution in [2.75, 3.05) is 31.6 Å². The second-order valence-corrected chi connectivity index (χ2v) is 8.89. The van der Waals surface area contributed by atoms with Crippen molar-refractivity contribution in [2.24, 2.45) is 5.92 Å². The lowest BCUT2D eigenvalue weighted by Crippen LogP contribution is -2.50. The van der Waals surface area contributed by atoms with Crippen LogP contribution in [0.15, 0.2) is 36.9 Å². The number of nitrogens with zero attached hydrogens (tertiary/aromatic N) is 3. The smallest absolute Gasteiger partial charge is 0.340 e. The molecule has 174 valence electrons. The number of amides is 2. The summed E-state index contributed by atoms with van der Waals surface area (Å²) < 4.78 is 4.89. The molecule has 2 fully saturated rings. The summed E-state index contributed by atoms with van der Waals surface area (Å²) in [6.07, 6.45) is 7.17. The molecule has 1 aromatic carbocycles. The molecule has 9 nitrogen and oxygen atoms in total. The summed E-state index contributed by atoms with van der Waals surface area (Å²) in [5, 5.41) is 6.33. The van der Waals surface area contributed by atoms with Crippen molar-refractivity contribution in [3.05, 3.63) is 53.1 Å². The number of aromatic nitrogens is 2. The lowest BCUT2D eigenvalue weighted by molar-refractivity contribution is -0.124. The minimum absolute atomic E-state index is 0.152. The summed E-state index contributed by atoms with van der Waals surface area (Å²) in [5.74, 6) is -0.601. The maximum absolute atomic E-state index is 12.8. The van der Waals surface area contributed by atoms with Crippen LogP contribution in [0.3, 0.4) is 0 Å². The van der Waals surface area contributed by atoms with Gasteiger partial charge in [0.05, 0.1) is 23.9 Å². The van der Waals surface area contributed by atoms with E-state index in [0.717, 1.165) is 31.6 Å². The highest BCUT2D eigenvalue weighted by molar-refractivity contribution is 6.31. The predicted octanol–water partition coefficient (Wildman–Crippen LogP) is 2.21. The van der Waals surface area contributed by atoms with Gasteiger partial charge in [-0.2, -0.15) is 0 Å². The van der Waals surface area contributed by atoms with Gasteiger partial charge in [0.2, 0.25) is 5.91 Å². The Kier molecular flexibility index (Phi) is 6.78. The summed E-state index contributed by atoms with van der Waals surface area (Å²) >= 11 is 6.06. The number of nitrogens with one attached hydrogen (secondary N) is 2. The first-order chi connectivity index (χ1) is 15.9. The number of ether oxygens (including phenoxy) is 1. The zero-order chi connectivity index (χ0) is 23.4. The van der Waals surface area contributed by atoms with Crippen molar-refractivity contribution in [3.63, 3.8) is 0 Å². The fourth-order valence-electron chi connectivity index (χ4n) is 4.08. The molecule has 10 heteroatoms. The standard InChI is InChI=1S/C23H26ClN5O4/c1-33-21(31)18-10-17(24)2-3-19(18)29-8-4-15(5-9-29)11-27-22(32)23(6-7-23)28-20(30)16-12-25-14-26-13-16/h2-3,10,12-15H,4-9,11H2,1H3,(H,27,32)(H,28,30). The Morgan fingerprint density at radius 2 is 1.88 bits per heavy atom. The maximum atomic E-state index is 12.8. The number of esters is 1. The van der Waals surface area contributed by atoms with Crippen LogP contribution < -0.4 is 15.5 Å². The van der Waals surface area contributed by atoms with E-state index in [1.807, 2.05) is 6.07 Å². The molecule has 1 aliphatic heterocycles. The van der Waals surface area contributed by atoms with Gasteiger partial charge in [0.25, 0.3) is 5.91 Å². The maximum Gasteiger partial charge on any atom is 0.340 e. The first kappa shape index (κ1) is 23.0. The second kappa shape index (κ2) is 9.74. The molecule has 1 aliphatic carbocycles. The van der Waals surface area contributed by atoms with E-state index in [1.165, 1.54) is 25.8 Å². The molecule has 2 aromatic rings. The van der Waals surface area contributed by atoms with Crippen LogP contribution in [0.25, 0.3) is 0 Å². The van der Waals surface area contributed by atoms with Gasteiger partial charge in [0.15, 0.2) is 0 Å². The zero-order valence-corrected chi connectivity index (χ0v) is 19.1. The van der Waals surface area contributed by atoms with E-state index < -0.39 is 11.5 Å². The van der Waals surface area contributed by atoms with E-state index in [0.29, 0.717) is 41.5 Å². The normalized spacial score (nSPS) is 17.2. The van der Waals surface area contributed by atoms with E-state index in [9.17, 15) is 14.4 Å². The summed E-state index contributed by atoms with van der Waals surface area (Å²) in [6, 6.07) is 5.23. The highest BCUT2D eigenvalue weighted by Crippen LogP contribution is 2.36. The van der Waals surface area contributed by atoms with Gasteiger partial charge in [-0.3, -0.25) is 9.59 Å². The SMILES string of the molecule is COC(=O)c1cc(Cl)ccc1N1CCC(CNC(=O)C2(NC(=O)c3cncnc3)CC2)CC1. The minimum Gasteiger partial charge on any atom is -0.465 e. The highest BCUT2D eigenvalue weighted by atomic mass is 35.5. The Morgan fingerprint density at radius 1 is 1.18 bits per heavy atom. The molecule has 1 aromatic heterocycles. The second-order valence-electron chi connectivity index (χ2n) is 8.46. The predicted molar refractivity (Wildman–Crippen MR) is 122 cm³/mol. The van der Waals surface area contributed by atoms with Crippen molar-refractivity contribution in [1.82, 2.24) is 20.6 Å². The molecule has 33 heavy (non-hydrogen) atoms. The molecule has 0 spiro atoms. The number of piperidine rings is 1. The van der Waals surface area contributed by atoms with Gasteiger partial charge in [-0.25, -0.2) is 14.8 Å². The monoisotopic (exact) mass is 471 g/mol. The number of carbonyl (C=O) groups is 3. The van der Waals surface area contributed by atoms with Crippen molar-refractivity contribution in [2.45, 2.75) is 31.2 Å². The van der Waals surface area contributed by atoms with Crippen LogP contribution in [0.5, 0.6) is 0 Å². The summed E-state index contributed by atoms with van der Waals surface area (Å²) in [6.45, 7) is 2.05. The first-order valence-corrected chi connectivity index (χ1v) is 11.3. The molecule has 2 heterocycles. The molecule has 0 bridgehead atoms. The summed E-state index contributed by atoms with van der Waals surface area (Å²) in [4.78, 5) is 47.1. The Labute approximate surface area is 196 Å². The molecular formula is C23H26ClN5O4. The van der Waals surface area contributed by atoms with Crippen molar-refractivity contribution < 1.29 is 19.1 Å².